The third-order valence-corrected chi connectivity index (χ3v) is 6.87. The first-order valence-corrected chi connectivity index (χ1v) is 12.2. The molecule has 2 amide bonds. The molecule has 7 heteroatoms. The van der Waals surface area contributed by atoms with Crippen LogP contribution in [0.3, 0.4) is 0 Å². The monoisotopic (exact) mass is 480 g/mol. The maximum absolute atomic E-state index is 12.8. The molecule has 0 aliphatic heterocycles. The van der Waals surface area contributed by atoms with Crippen molar-refractivity contribution in [3.05, 3.63) is 59.7 Å². The highest BCUT2D eigenvalue weighted by Crippen LogP contribution is 2.44. The molecule has 1 aliphatic rings. The summed E-state index contributed by atoms with van der Waals surface area (Å²) in [5.41, 5.74) is 4.10. The van der Waals surface area contributed by atoms with Crippen molar-refractivity contribution in [3.8, 4) is 11.1 Å². The van der Waals surface area contributed by atoms with E-state index in [0.717, 1.165) is 22.3 Å². The normalized spacial score (nSPS) is 15.3. The van der Waals surface area contributed by atoms with Crippen molar-refractivity contribution >= 4 is 18.0 Å². The lowest BCUT2D eigenvalue weighted by Gasteiger charge is -2.31. The smallest absolute Gasteiger partial charge is 0.407 e. The van der Waals surface area contributed by atoms with Gasteiger partial charge in [-0.2, -0.15) is 0 Å². The fourth-order valence-corrected chi connectivity index (χ4v) is 4.46. The average molecular weight is 481 g/mol. The van der Waals surface area contributed by atoms with Gasteiger partial charge in [-0.1, -0.05) is 89.6 Å². The summed E-state index contributed by atoms with van der Waals surface area (Å²) in [6.45, 7) is 9.59. The number of hydrogen-bond donors (Lipinski definition) is 3. The van der Waals surface area contributed by atoms with Crippen LogP contribution in [-0.2, 0) is 14.3 Å². The molecule has 7 nitrogen and oxygen atoms in total. The van der Waals surface area contributed by atoms with Gasteiger partial charge in [0.25, 0.3) is 0 Å². The molecule has 0 saturated carbocycles. The van der Waals surface area contributed by atoms with Crippen LogP contribution in [0.25, 0.3) is 11.1 Å². The summed E-state index contributed by atoms with van der Waals surface area (Å²) in [5, 5.41) is 14.9. The minimum absolute atomic E-state index is 0.0477. The predicted molar refractivity (Wildman–Crippen MR) is 135 cm³/mol. The van der Waals surface area contributed by atoms with E-state index in [9.17, 15) is 19.5 Å². The summed E-state index contributed by atoms with van der Waals surface area (Å²) in [6.07, 6.45) is -0.0254. The Morgan fingerprint density at radius 2 is 1.51 bits per heavy atom. The minimum atomic E-state index is -1.07. The Balaban J connectivity index is 1.65. The number of rotatable bonds is 9. The number of carbonyl (C=O) groups is 3. The summed E-state index contributed by atoms with van der Waals surface area (Å²) in [7, 11) is 0. The molecule has 0 radical (unpaired) electrons. The first-order valence-electron chi connectivity index (χ1n) is 12.2. The van der Waals surface area contributed by atoms with Gasteiger partial charge >= 0.3 is 12.1 Å². The van der Waals surface area contributed by atoms with Crippen LogP contribution in [-0.4, -0.2) is 41.8 Å². The Morgan fingerprint density at radius 3 is 2.00 bits per heavy atom. The molecule has 2 aromatic carbocycles. The second-order valence-electron chi connectivity index (χ2n) is 10.4. The zero-order valence-corrected chi connectivity index (χ0v) is 21.1. The summed E-state index contributed by atoms with van der Waals surface area (Å²) in [4.78, 5) is 37.1. The largest absolute Gasteiger partial charge is 0.480 e. The molecule has 3 N–H and O–H groups in total. The van der Waals surface area contributed by atoms with Crippen molar-refractivity contribution in [2.45, 2.75) is 65.5 Å². The molecule has 1 aliphatic carbocycles. The van der Waals surface area contributed by atoms with Crippen LogP contribution >= 0.6 is 0 Å². The number of benzene rings is 2. The van der Waals surface area contributed by atoms with E-state index < -0.39 is 35.5 Å². The standard InChI is InChI=1S/C28H36N2O5/c1-6-17(2)25(26(32)33)30-24(31)15-23(28(3,4)5)29-27(34)35-16-22-20-13-9-7-11-18(20)19-12-8-10-14-21(19)22/h7-14,17,22-23,25H,6,15-16H2,1-5H3,(H,29,34)(H,30,31)(H,32,33)/t17-,23?,25-/m0/s1. The first kappa shape index (κ1) is 26.3. The highest BCUT2D eigenvalue weighted by molar-refractivity contribution is 5.84. The Labute approximate surface area is 207 Å². The molecule has 3 atom stereocenters. The molecular formula is C28H36N2O5. The van der Waals surface area contributed by atoms with Crippen LogP contribution in [0.5, 0.6) is 0 Å². The second kappa shape index (κ2) is 10.9. The van der Waals surface area contributed by atoms with E-state index in [1.807, 2.05) is 52.0 Å². The van der Waals surface area contributed by atoms with Crippen LogP contribution in [0.15, 0.2) is 48.5 Å². The Hall–Kier alpha value is -3.35. The molecule has 0 aromatic heterocycles. The molecule has 0 spiro atoms. The molecule has 0 fully saturated rings. The highest BCUT2D eigenvalue weighted by atomic mass is 16.5. The second-order valence-corrected chi connectivity index (χ2v) is 10.4. The van der Waals surface area contributed by atoms with Crippen molar-refractivity contribution in [2.24, 2.45) is 11.3 Å². The van der Waals surface area contributed by atoms with Crippen LogP contribution in [0.4, 0.5) is 4.79 Å². The molecule has 0 saturated heterocycles. The van der Waals surface area contributed by atoms with E-state index in [-0.39, 0.29) is 24.9 Å². The van der Waals surface area contributed by atoms with Crippen LogP contribution < -0.4 is 10.6 Å². The quantitative estimate of drug-likeness (QED) is 0.471. The number of carboxylic acid groups (broad SMARTS) is 1. The van der Waals surface area contributed by atoms with Gasteiger partial charge in [-0.05, 0) is 33.6 Å². The van der Waals surface area contributed by atoms with Gasteiger partial charge in [-0.25, -0.2) is 9.59 Å². The summed E-state index contributed by atoms with van der Waals surface area (Å²) in [5.74, 6) is -1.75. The van der Waals surface area contributed by atoms with Crippen LogP contribution in [0.2, 0.25) is 0 Å². The summed E-state index contributed by atoms with van der Waals surface area (Å²) >= 11 is 0. The molecule has 1 unspecified atom stereocenters. The number of aliphatic carboxylic acids is 1. The number of fused-ring (bicyclic) bond motifs is 3. The first-order chi connectivity index (χ1) is 16.5. The van der Waals surface area contributed by atoms with Crippen LogP contribution in [0.1, 0.15) is 64.5 Å². The van der Waals surface area contributed by atoms with E-state index in [1.165, 1.54) is 0 Å². The molecule has 188 valence electrons. The lowest BCUT2D eigenvalue weighted by Crippen LogP contribution is -2.50. The summed E-state index contributed by atoms with van der Waals surface area (Å²) < 4.78 is 5.65. The van der Waals surface area contributed by atoms with E-state index in [0.29, 0.717) is 6.42 Å². The minimum Gasteiger partial charge on any atom is -0.480 e. The SMILES string of the molecule is CC[C@H](C)[C@H](NC(=O)CC(NC(=O)OCC1c2ccccc2-c2ccccc21)C(C)(C)C)C(=O)O. The zero-order valence-electron chi connectivity index (χ0n) is 21.1. The van der Waals surface area contributed by atoms with Gasteiger partial charge in [0.1, 0.15) is 12.6 Å². The summed E-state index contributed by atoms with van der Waals surface area (Å²) in [6, 6.07) is 14.7. The Morgan fingerprint density at radius 1 is 0.971 bits per heavy atom. The van der Waals surface area contributed by atoms with Gasteiger partial charge in [0.15, 0.2) is 0 Å². The van der Waals surface area contributed by atoms with E-state index in [2.05, 4.69) is 34.9 Å². The third-order valence-electron chi connectivity index (χ3n) is 6.87. The van der Waals surface area contributed by atoms with E-state index in [4.69, 9.17) is 4.74 Å². The van der Waals surface area contributed by atoms with Gasteiger partial charge < -0.3 is 20.5 Å². The molecule has 3 rings (SSSR count). The topological polar surface area (TPSA) is 105 Å². The van der Waals surface area contributed by atoms with Gasteiger partial charge in [0.05, 0.1) is 0 Å². The van der Waals surface area contributed by atoms with Gasteiger partial charge in [0, 0.05) is 18.4 Å². The molecule has 0 bridgehead atoms. The fraction of sp³-hybridized carbons (Fsp3) is 0.464. The van der Waals surface area contributed by atoms with Crippen LogP contribution in [0, 0.1) is 11.3 Å². The highest BCUT2D eigenvalue weighted by Gasteiger charge is 2.33. The van der Waals surface area contributed by atoms with E-state index in [1.54, 1.807) is 6.92 Å². The molecule has 2 aromatic rings. The lowest BCUT2D eigenvalue weighted by atomic mass is 9.84. The molecule has 35 heavy (non-hydrogen) atoms. The van der Waals surface area contributed by atoms with Crippen molar-refractivity contribution in [1.82, 2.24) is 10.6 Å². The van der Waals surface area contributed by atoms with Crippen molar-refractivity contribution in [3.63, 3.8) is 0 Å². The van der Waals surface area contributed by atoms with Crippen molar-refractivity contribution in [2.75, 3.05) is 6.61 Å². The number of hydrogen-bond acceptors (Lipinski definition) is 4. The third kappa shape index (κ3) is 6.21. The Kier molecular flexibility index (Phi) is 8.20. The maximum Gasteiger partial charge on any atom is 0.407 e. The van der Waals surface area contributed by atoms with Gasteiger partial charge in [-0.15, -0.1) is 0 Å². The maximum atomic E-state index is 12.8. The number of amides is 2. The molecular weight excluding hydrogens is 444 g/mol. The number of carbonyl (C=O) groups excluding carboxylic acids is 2. The molecule has 0 heterocycles. The van der Waals surface area contributed by atoms with Gasteiger partial charge in [-0.3, -0.25) is 4.79 Å². The average Bonchev–Trinajstić information content (AvgIpc) is 3.13. The Bertz CT molecular complexity index is 1030. The van der Waals surface area contributed by atoms with Crippen molar-refractivity contribution in [1.29, 1.82) is 0 Å². The van der Waals surface area contributed by atoms with E-state index >= 15 is 0 Å². The van der Waals surface area contributed by atoms with Gasteiger partial charge in [0.2, 0.25) is 5.91 Å². The van der Waals surface area contributed by atoms with Crippen molar-refractivity contribution < 1.29 is 24.2 Å². The number of ether oxygens (including phenoxy) is 1. The number of carboxylic acids is 1. The zero-order chi connectivity index (χ0) is 25.8. The number of nitrogens with one attached hydrogen (secondary N) is 2. The number of alkyl carbamates (subject to hydrolysis) is 1. The fourth-order valence-electron chi connectivity index (χ4n) is 4.46. The lowest BCUT2D eigenvalue weighted by molar-refractivity contribution is -0.143. The predicted octanol–water partition coefficient (Wildman–Crippen LogP) is 4.95.